The second-order valence-electron chi connectivity index (χ2n) is 17.1. The quantitative estimate of drug-likeness (QED) is 0.149. The molecule has 0 aliphatic carbocycles. The maximum Gasteiger partial charge on any atom is 0.270 e. The van der Waals surface area contributed by atoms with Crippen molar-refractivity contribution in [3.8, 4) is 79.4 Å². The van der Waals surface area contributed by atoms with E-state index in [0.29, 0.717) is 34.5 Å². The number of furan rings is 2. The predicted octanol–water partition coefficient (Wildman–Crippen LogP) is 14.8. The average molecular weight is 863 g/mol. The average Bonchev–Trinajstić information content (AvgIpc) is 3.95. The van der Waals surface area contributed by atoms with E-state index in [9.17, 15) is 0 Å². The van der Waals surface area contributed by atoms with Gasteiger partial charge in [-0.3, -0.25) is 0 Å². The zero-order chi connectivity index (χ0) is 44.0. The summed E-state index contributed by atoms with van der Waals surface area (Å²) in [6, 6.07) is 72.1. The van der Waals surface area contributed by atoms with E-state index in [4.69, 9.17) is 27.8 Å². The van der Waals surface area contributed by atoms with Crippen molar-refractivity contribution < 1.29 is 27.8 Å². The zero-order valence-electron chi connectivity index (χ0n) is 35.7. The number of fused-ring (bicyclic) bond motifs is 10. The van der Waals surface area contributed by atoms with Gasteiger partial charge in [0, 0.05) is 43.5 Å². The smallest absolute Gasteiger partial charge is 0.270 e. The van der Waals surface area contributed by atoms with Crippen LogP contribution in [0.1, 0.15) is 0 Å². The number of benzene rings is 10. The third-order valence-corrected chi connectivity index (χ3v) is 13.1. The van der Waals surface area contributed by atoms with E-state index in [1.54, 1.807) is 0 Å². The topological polar surface area (TPSA) is 63.2 Å². The molecule has 314 valence electrons. The fourth-order valence-corrected chi connectivity index (χ4v) is 10.1. The Balaban J connectivity index is 1.02. The number of para-hydroxylation sites is 4. The number of rotatable bonds is 7. The van der Waals surface area contributed by atoms with Crippen molar-refractivity contribution in [3.63, 3.8) is 0 Å². The Kier molecular flexibility index (Phi) is 8.27. The molecular weight excluding hydrogens is 827 g/mol. The van der Waals surface area contributed by atoms with Crippen molar-refractivity contribution in [2.75, 3.05) is 0 Å². The minimum absolute atomic E-state index is 0.381. The molecule has 0 saturated heterocycles. The van der Waals surface area contributed by atoms with Crippen LogP contribution < -0.4 is 35.3 Å². The Hall–Kier alpha value is -8.94. The number of hydrogen-bond acceptors (Lipinski definition) is 6. The van der Waals surface area contributed by atoms with Gasteiger partial charge < -0.3 is 27.8 Å². The van der Waals surface area contributed by atoms with Crippen LogP contribution in [-0.4, -0.2) is 6.71 Å². The van der Waals surface area contributed by atoms with E-state index >= 15 is 0 Å². The molecule has 0 saturated carbocycles. The molecule has 2 aromatic heterocycles. The summed E-state index contributed by atoms with van der Waals surface area (Å²) in [5, 5.41) is 4.28. The van der Waals surface area contributed by atoms with Gasteiger partial charge in [0.15, 0.2) is 0 Å². The van der Waals surface area contributed by atoms with E-state index in [2.05, 4.69) is 91.0 Å². The Morgan fingerprint density at radius 2 is 0.806 bits per heavy atom. The molecule has 14 rings (SSSR count). The first-order valence-electron chi connectivity index (χ1n) is 22.4. The van der Waals surface area contributed by atoms with Gasteiger partial charge in [0.2, 0.25) is 0 Å². The summed E-state index contributed by atoms with van der Waals surface area (Å²) in [7, 11) is 0. The molecule has 0 amide bonds. The van der Waals surface area contributed by atoms with Crippen LogP contribution in [0.5, 0.6) is 46.0 Å². The molecule has 0 bridgehead atoms. The van der Waals surface area contributed by atoms with E-state index in [0.717, 1.165) is 105 Å². The molecule has 0 unspecified atom stereocenters. The van der Waals surface area contributed by atoms with Crippen molar-refractivity contribution in [1.82, 2.24) is 0 Å². The molecule has 4 heterocycles. The standard InChI is InChI=1S/C60H35BO6/c1-3-13-41(14-4-1)62-52-21-11-22-53-57(52)61-58-54(66-53)23-12-24-55(58)67-60-43(27-30-56(59(60)61)63-42-15-5-2-6-16-42)40-32-38(36-25-28-50-46(34-36)44-17-7-9-19-48(44)64-50)31-39(33-40)37-26-29-51-47(35-37)45-18-8-10-20-49(45)65-51/h1-35H. The molecule has 0 atom stereocenters. The highest BCUT2D eigenvalue weighted by atomic mass is 16.5. The summed E-state index contributed by atoms with van der Waals surface area (Å²) in [5.74, 6) is 5.63. The van der Waals surface area contributed by atoms with Crippen molar-refractivity contribution in [3.05, 3.63) is 212 Å². The summed E-state index contributed by atoms with van der Waals surface area (Å²) in [4.78, 5) is 0. The summed E-state index contributed by atoms with van der Waals surface area (Å²) >= 11 is 0. The van der Waals surface area contributed by atoms with Crippen molar-refractivity contribution in [1.29, 1.82) is 0 Å². The van der Waals surface area contributed by atoms with Gasteiger partial charge in [-0.15, -0.1) is 0 Å². The lowest BCUT2D eigenvalue weighted by atomic mass is 9.34. The molecule has 67 heavy (non-hydrogen) atoms. The van der Waals surface area contributed by atoms with Crippen molar-refractivity contribution in [2.45, 2.75) is 0 Å². The van der Waals surface area contributed by atoms with Gasteiger partial charge in [0.25, 0.3) is 6.71 Å². The Labute approximate surface area is 384 Å². The van der Waals surface area contributed by atoms with Crippen molar-refractivity contribution >= 4 is 67.0 Å². The molecule has 6 nitrogen and oxygen atoms in total. The fourth-order valence-electron chi connectivity index (χ4n) is 10.1. The highest BCUT2D eigenvalue weighted by molar-refractivity contribution is 6.99. The van der Waals surface area contributed by atoms with Crippen molar-refractivity contribution in [2.24, 2.45) is 0 Å². The fraction of sp³-hybridized carbons (Fsp3) is 0. The van der Waals surface area contributed by atoms with Gasteiger partial charge >= 0.3 is 0 Å². The van der Waals surface area contributed by atoms with Crippen LogP contribution in [0.3, 0.4) is 0 Å². The van der Waals surface area contributed by atoms with Crippen LogP contribution in [0.15, 0.2) is 221 Å². The Bertz CT molecular complexity index is 3810. The van der Waals surface area contributed by atoms with E-state index in [1.807, 2.05) is 121 Å². The van der Waals surface area contributed by atoms with Gasteiger partial charge in [0.05, 0.1) is 0 Å². The number of hydrogen-bond donors (Lipinski definition) is 0. The zero-order valence-corrected chi connectivity index (χ0v) is 35.7. The predicted molar refractivity (Wildman–Crippen MR) is 268 cm³/mol. The maximum atomic E-state index is 7.22. The molecule has 0 fully saturated rings. The minimum atomic E-state index is -0.381. The Morgan fingerprint density at radius 3 is 1.42 bits per heavy atom. The third kappa shape index (κ3) is 6.13. The second kappa shape index (κ2) is 14.8. The molecule has 2 aliphatic heterocycles. The molecule has 2 aliphatic rings. The lowest BCUT2D eigenvalue weighted by Gasteiger charge is -2.35. The van der Waals surface area contributed by atoms with Crippen LogP contribution >= 0.6 is 0 Å². The van der Waals surface area contributed by atoms with E-state index in [-0.39, 0.29) is 6.71 Å². The molecule has 12 aromatic rings. The molecular formula is C60H35BO6. The monoisotopic (exact) mass is 862 g/mol. The van der Waals surface area contributed by atoms with Crippen LogP contribution in [0.4, 0.5) is 0 Å². The van der Waals surface area contributed by atoms with Gasteiger partial charge in [-0.05, 0) is 143 Å². The second-order valence-corrected chi connectivity index (χ2v) is 17.1. The summed E-state index contributed by atoms with van der Waals surface area (Å²) in [6.45, 7) is -0.381. The Morgan fingerprint density at radius 1 is 0.313 bits per heavy atom. The normalized spacial score (nSPS) is 12.4. The summed E-state index contributed by atoms with van der Waals surface area (Å²) in [6.07, 6.45) is 0. The molecule has 7 heteroatoms. The largest absolute Gasteiger partial charge is 0.458 e. The first-order chi connectivity index (χ1) is 33.2. The van der Waals surface area contributed by atoms with Crippen LogP contribution in [0.2, 0.25) is 0 Å². The SMILES string of the molecule is c1ccc(Oc2cccc3c2B2c4c(cccc4Oc4c(-c5cc(-c6ccc7oc8ccccc8c7c6)cc(-c6ccc7oc8ccccc8c7c6)c5)ccc(Oc5ccccc5)c42)O3)cc1. The van der Waals surface area contributed by atoms with Crippen LogP contribution in [0, 0.1) is 0 Å². The first-order valence-corrected chi connectivity index (χ1v) is 22.4. The lowest BCUT2D eigenvalue weighted by molar-refractivity contribution is 0.451. The van der Waals surface area contributed by atoms with Crippen LogP contribution in [-0.2, 0) is 0 Å². The van der Waals surface area contributed by atoms with E-state index < -0.39 is 0 Å². The highest BCUT2D eigenvalue weighted by Gasteiger charge is 2.45. The van der Waals surface area contributed by atoms with Crippen LogP contribution in [0.25, 0.3) is 77.3 Å². The summed E-state index contributed by atoms with van der Waals surface area (Å²) in [5.41, 5.74) is 12.2. The van der Waals surface area contributed by atoms with Gasteiger partial charge in [0.1, 0.15) is 68.3 Å². The third-order valence-electron chi connectivity index (χ3n) is 13.1. The molecule has 0 spiro atoms. The molecule has 0 N–H and O–H groups in total. The number of ether oxygens (including phenoxy) is 4. The molecule has 0 radical (unpaired) electrons. The minimum Gasteiger partial charge on any atom is -0.458 e. The lowest BCUT2D eigenvalue weighted by Crippen LogP contribution is -2.58. The first kappa shape index (κ1) is 37.4. The van der Waals surface area contributed by atoms with Gasteiger partial charge in [-0.25, -0.2) is 0 Å². The summed E-state index contributed by atoms with van der Waals surface area (Å²) < 4.78 is 40.1. The van der Waals surface area contributed by atoms with Gasteiger partial charge in [-0.1, -0.05) is 97.1 Å². The van der Waals surface area contributed by atoms with E-state index in [1.165, 1.54) is 0 Å². The maximum absolute atomic E-state index is 7.22. The molecule has 10 aromatic carbocycles. The van der Waals surface area contributed by atoms with Gasteiger partial charge in [-0.2, -0.15) is 0 Å². The highest BCUT2D eigenvalue weighted by Crippen LogP contribution is 2.46.